The number of carbonyl (C=O) groups excluding carboxylic acids is 2. The number of carbonyl (C=O) groups is 2. The first-order chi connectivity index (χ1) is 12.8. The summed E-state index contributed by atoms with van der Waals surface area (Å²) < 4.78 is 5.49. The van der Waals surface area contributed by atoms with Gasteiger partial charge in [0.15, 0.2) is 5.17 Å². The van der Waals surface area contributed by atoms with Crippen molar-refractivity contribution >= 4 is 40.4 Å². The molecule has 0 N–H and O–H groups in total. The van der Waals surface area contributed by atoms with E-state index >= 15 is 0 Å². The zero-order valence-corrected chi connectivity index (χ0v) is 17.4. The first-order valence-electron chi connectivity index (χ1n) is 9.05. The number of amides is 1. The van der Waals surface area contributed by atoms with Gasteiger partial charge in [0.25, 0.3) is 0 Å². The number of ether oxygens (including phenoxy) is 1. The van der Waals surface area contributed by atoms with Crippen molar-refractivity contribution in [3.8, 4) is 0 Å². The molecule has 1 saturated heterocycles. The Labute approximate surface area is 168 Å². The van der Waals surface area contributed by atoms with Gasteiger partial charge in [-0.15, -0.1) is 0 Å². The fraction of sp³-hybridized carbons (Fsp3) is 0.450. The predicted molar refractivity (Wildman–Crippen MR) is 109 cm³/mol. The molecule has 3 rings (SSSR count). The van der Waals surface area contributed by atoms with Gasteiger partial charge < -0.3 is 4.74 Å². The molecule has 2 aliphatic rings. The van der Waals surface area contributed by atoms with Crippen LogP contribution in [-0.4, -0.2) is 33.8 Å². The number of rotatable bonds is 5. The number of halogens is 1. The van der Waals surface area contributed by atoms with Crippen molar-refractivity contribution in [2.24, 2.45) is 10.9 Å². The van der Waals surface area contributed by atoms with Crippen molar-refractivity contribution in [1.29, 1.82) is 0 Å². The molecule has 1 aromatic rings. The number of fused-ring (bicyclic) bond motifs is 1. The minimum absolute atomic E-state index is 0.0251. The van der Waals surface area contributed by atoms with E-state index in [1.807, 2.05) is 32.9 Å². The molecule has 1 amide bonds. The van der Waals surface area contributed by atoms with Crippen LogP contribution in [0.2, 0.25) is 5.02 Å². The van der Waals surface area contributed by atoms with Crippen molar-refractivity contribution in [2.45, 2.75) is 45.4 Å². The van der Waals surface area contributed by atoms with Gasteiger partial charge in [-0.3, -0.25) is 9.69 Å². The Morgan fingerprint density at radius 1 is 1.33 bits per heavy atom. The standard InChI is InChI=1S/C20H23ClN2O3S/c1-5-15-18(24)23-17(13-6-8-14(21)9-7-13)16(12(4)22-20(23)27-15)19(25)26-10-11(2)3/h6-9,11,15,17H,5,10H2,1-4H3/t15-,17+/m1/s1. The lowest BCUT2D eigenvalue weighted by molar-refractivity contribution is -0.141. The average molecular weight is 407 g/mol. The second kappa shape index (κ2) is 8.07. The first kappa shape index (κ1) is 20.0. The predicted octanol–water partition coefficient (Wildman–Crippen LogP) is 4.58. The van der Waals surface area contributed by atoms with E-state index < -0.39 is 12.0 Å². The summed E-state index contributed by atoms with van der Waals surface area (Å²) in [5, 5.41) is 1.06. The molecular formula is C20H23ClN2O3S. The molecular weight excluding hydrogens is 384 g/mol. The van der Waals surface area contributed by atoms with Crippen LogP contribution in [0.3, 0.4) is 0 Å². The molecule has 0 radical (unpaired) electrons. The number of thioether (sulfide) groups is 1. The van der Waals surface area contributed by atoms with Crippen molar-refractivity contribution < 1.29 is 14.3 Å². The second-order valence-corrected chi connectivity index (χ2v) is 8.67. The molecule has 2 heterocycles. The van der Waals surface area contributed by atoms with E-state index in [-0.39, 0.29) is 17.1 Å². The Hall–Kier alpha value is -1.79. The SMILES string of the molecule is CC[C@H]1SC2=NC(C)=C(C(=O)OCC(C)C)[C@H](c3ccc(Cl)cc3)N2C1=O. The molecule has 2 aliphatic heterocycles. The lowest BCUT2D eigenvalue weighted by Crippen LogP contribution is -2.40. The molecule has 0 unspecified atom stereocenters. The summed E-state index contributed by atoms with van der Waals surface area (Å²) in [5.74, 6) is -0.232. The topological polar surface area (TPSA) is 59.0 Å². The highest BCUT2D eigenvalue weighted by molar-refractivity contribution is 8.15. The normalized spacial score (nSPS) is 22.2. The smallest absolute Gasteiger partial charge is 0.338 e. The maximum atomic E-state index is 13.0. The Morgan fingerprint density at radius 2 is 2.00 bits per heavy atom. The van der Waals surface area contributed by atoms with Crippen molar-refractivity contribution in [3.05, 3.63) is 46.1 Å². The summed E-state index contributed by atoms with van der Waals surface area (Å²) in [6.07, 6.45) is 0.707. The molecule has 0 bridgehead atoms. The molecule has 0 saturated carbocycles. The third kappa shape index (κ3) is 3.92. The van der Waals surface area contributed by atoms with E-state index in [0.717, 1.165) is 5.56 Å². The molecule has 0 aliphatic carbocycles. The van der Waals surface area contributed by atoms with Crippen LogP contribution in [0.25, 0.3) is 0 Å². The number of aliphatic imine (C=N–C) groups is 1. The lowest BCUT2D eigenvalue weighted by atomic mass is 9.94. The molecule has 0 aromatic heterocycles. The average Bonchev–Trinajstić information content (AvgIpc) is 2.94. The van der Waals surface area contributed by atoms with E-state index in [1.54, 1.807) is 24.0 Å². The number of esters is 1. The Kier molecular flexibility index (Phi) is 5.96. The van der Waals surface area contributed by atoms with Crippen LogP contribution in [0.5, 0.6) is 0 Å². The van der Waals surface area contributed by atoms with Crippen molar-refractivity contribution in [3.63, 3.8) is 0 Å². The number of amidine groups is 1. The third-order valence-electron chi connectivity index (χ3n) is 4.48. The van der Waals surface area contributed by atoms with Crippen LogP contribution >= 0.6 is 23.4 Å². The largest absolute Gasteiger partial charge is 0.462 e. The van der Waals surface area contributed by atoms with Crippen LogP contribution in [0.1, 0.15) is 45.7 Å². The summed E-state index contributed by atoms with van der Waals surface area (Å²) in [6, 6.07) is 6.66. The fourth-order valence-corrected chi connectivity index (χ4v) is 4.39. The number of hydrogen-bond donors (Lipinski definition) is 0. The first-order valence-corrected chi connectivity index (χ1v) is 10.3. The van der Waals surface area contributed by atoms with E-state index in [4.69, 9.17) is 16.3 Å². The number of nitrogens with zero attached hydrogens (tertiary/aromatic N) is 2. The van der Waals surface area contributed by atoms with Gasteiger partial charge in [-0.25, -0.2) is 9.79 Å². The van der Waals surface area contributed by atoms with Crippen LogP contribution in [0, 0.1) is 5.92 Å². The van der Waals surface area contributed by atoms with Crippen molar-refractivity contribution in [2.75, 3.05) is 6.61 Å². The summed E-state index contributed by atoms with van der Waals surface area (Å²) in [4.78, 5) is 32.1. The third-order valence-corrected chi connectivity index (χ3v) is 6.05. The highest BCUT2D eigenvalue weighted by Gasteiger charge is 2.47. The molecule has 1 fully saturated rings. The maximum Gasteiger partial charge on any atom is 0.338 e. The van der Waals surface area contributed by atoms with E-state index in [9.17, 15) is 9.59 Å². The van der Waals surface area contributed by atoms with Crippen LogP contribution in [-0.2, 0) is 14.3 Å². The van der Waals surface area contributed by atoms with Gasteiger partial charge >= 0.3 is 5.97 Å². The summed E-state index contributed by atoms with van der Waals surface area (Å²) in [5.41, 5.74) is 1.81. The number of benzene rings is 1. The van der Waals surface area contributed by atoms with Gasteiger partial charge in [0, 0.05) is 5.02 Å². The summed E-state index contributed by atoms with van der Waals surface area (Å²) in [6.45, 7) is 8.05. The minimum Gasteiger partial charge on any atom is -0.462 e. The van der Waals surface area contributed by atoms with Gasteiger partial charge in [-0.2, -0.15) is 0 Å². The quantitative estimate of drug-likeness (QED) is 0.671. The summed E-state index contributed by atoms with van der Waals surface area (Å²) in [7, 11) is 0. The summed E-state index contributed by atoms with van der Waals surface area (Å²) >= 11 is 7.49. The van der Waals surface area contributed by atoms with Gasteiger partial charge in [-0.1, -0.05) is 56.3 Å². The van der Waals surface area contributed by atoms with Gasteiger partial charge in [0.05, 0.1) is 29.2 Å². The Balaban J connectivity index is 2.06. The zero-order valence-electron chi connectivity index (χ0n) is 15.9. The molecule has 144 valence electrons. The van der Waals surface area contributed by atoms with E-state index in [2.05, 4.69) is 4.99 Å². The van der Waals surface area contributed by atoms with E-state index in [1.165, 1.54) is 11.8 Å². The second-order valence-electron chi connectivity index (χ2n) is 7.06. The van der Waals surface area contributed by atoms with Crippen LogP contribution in [0.4, 0.5) is 0 Å². The minimum atomic E-state index is -0.550. The van der Waals surface area contributed by atoms with Crippen molar-refractivity contribution in [1.82, 2.24) is 4.90 Å². The fourth-order valence-electron chi connectivity index (χ4n) is 3.13. The molecule has 0 spiro atoms. The molecule has 5 nitrogen and oxygen atoms in total. The molecule has 27 heavy (non-hydrogen) atoms. The van der Waals surface area contributed by atoms with Crippen LogP contribution < -0.4 is 0 Å². The maximum absolute atomic E-state index is 13.0. The lowest BCUT2D eigenvalue weighted by Gasteiger charge is -2.33. The highest BCUT2D eigenvalue weighted by Crippen LogP contribution is 2.44. The van der Waals surface area contributed by atoms with Gasteiger partial charge in [0.1, 0.15) is 0 Å². The molecule has 7 heteroatoms. The monoisotopic (exact) mass is 406 g/mol. The highest BCUT2D eigenvalue weighted by atomic mass is 35.5. The Bertz CT molecular complexity index is 817. The Morgan fingerprint density at radius 3 is 2.59 bits per heavy atom. The van der Waals surface area contributed by atoms with E-state index in [0.29, 0.717) is 34.5 Å². The zero-order chi connectivity index (χ0) is 19.7. The van der Waals surface area contributed by atoms with Crippen LogP contribution in [0.15, 0.2) is 40.5 Å². The van der Waals surface area contributed by atoms with Gasteiger partial charge in [0.2, 0.25) is 5.91 Å². The molecule has 1 aromatic carbocycles. The van der Waals surface area contributed by atoms with Gasteiger partial charge in [-0.05, 0) is 37.0 Å². The number of hydrogen-bond acceptors (Lipinski definition) is 5. The molecule has 2 atom stereocenters. The number of allylic oxidation sites excluding steroid dienone is 1.